The number of ketones is 1. The third-order valence-corrected chi connectivity index (χ3v) is 4.11. The van der Waals surface area contributed by atoms with Crippen molar-refractivity contribution in [3.8, 4) is 0 Å². The molecule has 26 heavy (non-hydrogen) atoms. The van der Waals surface area contributed by atoms with Gasteiger partial charge in [0, 0.05) is 6.42 Å². The van der Waals surface area contributed by atoms with Gasteiger partial charge in [-0.25, -0.2) is 9.67 Å². The zero-order chi connectivity index (χ0) is 18.8. The van der Waals surface area contributed by atoms with E-state index in [1.807, 2.05) is 6.92 Å². The summed E-state index contributed by atoms with van der Waals surface area (Å²) in [5, 5.41) is 4.31. The lowest BCUT2D eigenvalue weighted by Gasteiger charge is -2.30. The summed E-state index contributed by atoms with van der Waals surface area (Å²) in [6.45, 7) is 3.00. The zero-order valence-electron chi connectivity index (χ0n) is 14.1. The van der Waals surface area contributed by atoms with Crippen molar-refractivity contribution in [1.82, 2.24) is 14.8 Å². The van der Waals surface area contributed by atoms with Crippen molar-refractivity contribution in [1.29, 1.82) is 0 Å². The van der Waals surface area contributed by atoms with Crippen LogP contribution in [0.15, 0.2) is 30.6 Å². The maximum Gasteiger partial charge on any atom is 0.416 e. The van der Waals surface area contributed by atoms with Gasteiger partial charge in [-0.15, -0.1) is 0 Å². The minimum Gasteiger partial charge on any atom is -0.354 e. The maximum atomic E-state index is 12.6. The Morgan fingerprint density at radius 3 is 2.50 bits per heavy atom. The number of alkyl halides is 3. The van der Waals surface area contributed by atoms with Crippen molar-refractivity contribution in [2.45, 2.75) is 31.5 Å². The van der Waals surface area contributed by atoms with E-state index in [4.69, 9.17) is 9.47 Å². The zero-order valence-corrected chi connectivity index (χ0v) is 14.1. The molecule has 0 N–H and O–H groups in total. The van der Waals surface area contributed by atoms with E-state index < -0.39 is 17.2 Å². The Balaban J connectivity index is 1.60. The predicted octanol–water partition coefficient (Wildman–Crippen LogP) is 2.37. The number of ether oxygens (including phenoxy) is 2. The lowest BCUT2D eigenvalue weighted by molar-refractivity contribution is -0.137. The summed E-state index contributed by atoms with van der Waals surface area (Å²) in [5.74, 6) is 0.349. The molecule has 1 saturated heterocycles. The number of nitrogens with zero attached hydrogens (tertiary/aromatic N) is 3. The van der Waals surface area contributed by atoms with Gasteiger partial charge in [0.1, 0.15) is 19.7 Å². The largest absolute Gasteiger partial charge is 0.416 e. The maximum absolute atomic E-state index is 12.6. The van der Waals surface area contributed by atoms with E-state index in [1.54, 1.807) is 0 Å². The summed E-state index contributed by atoms with van der Waals surface area (Å²) in [6, 6.07) is 4.57. The van der Waals surface area contributed by atoms with Gasteiger partial charge in [0.15, 0.2) is 11.6 Å². The molecule has 140 valence electrons. The van der Waals surface area contributed by atoms with Gasteiger partial charge < -0.3 is 9.47 Å². The minimum atomic E-state index is -4.39. The third kappa shape index (κ3) is 4.28. The second-order valence-corrected chi connectivity index (χ2v) is 6.55. The van der Waals surface area contributed by atoms with E-state index in [1.165, 1.54) is 23.1 Å². The van der Waals surface area contributed by atoms with E-state index in [9.17, 15) is 18.0 Å². The number of carbonyl (C=O) groups excluding carboxylic acids is 1. The Labute approximate surface area is 147 Å². The summed E-state index contributed by atoms with van der Waals surface area (Å²) in [5.41, 5.74) is -0.691. The van der Waals surface area contributed by atoms with E-state index in [-0.39, 0.29) is 25.5 Å². The molecule has 2 heterocycles. The SMILES string of the molecule is CC1(c2ncn(CC(=O)Cc3ccc(C(F)(F)F)cc3)n2)COCOC1. The predicted molar refractivity (Wildman–Crippen MR) is 84.3 cm³/mol. The summed E-state index contributed by atoms with van der Waals surface area (Å²) in [7, 11) is 0. The average Bonchev–Trinajstić information content (AvgIpc) is 3.04. The molecule has 2 aromatic rings. The van der Waals surface area contributed by atoms with Crippen molar-refractivity contribution in [3.63, 3.8) is 0 Å². The molecule has 0 unspecified atom stereocenters. The molecule has 0 aliphatic carbocycles. The topological polar surface area (TPSA) is 66.2 Å². The normalized spacial score (nSPS) is 17.2. The van der Waals surface area contributed by atoms with Crippen LogP contribution in [-0.2, 0) is 38.8 Å². The molecule has 1 aromatic heterocycles. The number of rotatable bonds is 5. The summed E-state index contributed by atoms with van der Waals surface area (Å²) < 4.78 is 49.6. The lowest BCUT2D eigenvalue weighted by atomic mass is 9.91. The number of Topliss-reactive ketones (excluding diaryl/α,β-unsaturated/α-hetero) is 1. The van der Waals surface area contributed by atoms with Crippen LogP contribution in [0.4, 0.5) is 13.2 Å². The highest BCUT2D eigenvalue weighted by Gasteiger charge is 2.34. The second-order valence-electron chi connectivity index (χ2n) is 6.55. The summed E-state index contributed by atoms with van der Waals surface area (Å²) >= 11 is 0. The van der Waals surface area contributed by atoms with E-state index in [2.05, 4.69) is 10.1 Å². The molecule has 1 aliphatic rings. The van der Waals surface area contributed by atoms with E-state index in [0.717, 1.165) is 12.1 Å². The Morgan fingerprint density at radius 2 is 1.88 bits per heavy atom. The number of hydrogen-bond donors (Lipinski definition) is 0. The Morgan fingerprint density at radius 1 is 1.23 bits per heavy atom. The molecule has 0 radical (unpaired) electrons. The molecule has 0 bridgehead atoms. The first-order valence-corrected chi connectivity index (χ1v) is 7.99. The highest BCUT2D eigenvalue weighted by atomic mass is 19.4. The molecule has 6 nitrogen and oxygen atoms in total. The fraction of sp³-hybridized carbons (Fsp3) is 0.471. The van der Waals surface area contributed by atoms with Crippen LogP contribution in [0.1, 0.15) is 23.9 Å². The molecular weight excluding hydrogens is 351 g/mol. The van der Waals surface area contributed by atoms with E-state index in [0.29, 0.717) is 24.6 Å². The molecule has 3 rings (SSSR count). The average molecular weight is 369 g/mol. The number of carbonyl (C=O) groups is 1. The molecule has 9 heteroatoms. The van der Waals surface area contributed by atoms with Crippen LogP contribution in [-0.4, -0.2) is 40.6 Å². The fourth-order valence-corrected chi connectivity index (χ4v) is 2.69. The van der Waals surface area contributed by atoms with Gasteiger partial charge in [0.05, 0.1) is 24.2 Å². The molecule has 0 atom stereocenters. The fourth-order valence-electron chi connectivity index (χ4n) is 2.69. The van der Waals surface area contributed by atoms with Crippen LogP contribution < -0.4 is 0 Å². The minimum absolute atomic E-state index is 0.00812. The van der Waals surface area contributed by atoms with Gasteiger partial charge >= 0.3 is 6.18 Å². The lowest BCUT2D eigenvalue weighted by Crippen LogP contribution is -2.39. The molecule has 0 saturated carbocycles. The Hall–Kier alpha value is -2.26. The molecule has 1 fully saturated rings. The molecule has 0 amide bonds. The van der Waals surface area contributed by atoms with Gasteiger partial charge in [-0.1, -0.05) is 12.1 Å². The van der Waals surface area contributed by atoms with Crippen LogP contribution in [0.5, 0.6) is 0 Å². The highest BCUT2D eigenvalue weighted by Crippen LogP contribution is 2.29. The summed E-state index contributed by atoms with van der Waals surface area (Å²) in [6.07, 6.45) is -2.90. The van der Waals surface area contributed by atoms with Gasteiger partial charge in [-0.05, 0) is 24.6 Å². The highest BCUT2D eigenvalue weighted by molar-refractivity contribution is 5.80. The van der Waals surface area contributed by atoms with Crippen LogP contribution >= 0.6 is 0 Å². The Bertz CT molecular complexity index is 766. The molecular formula is C17H18F3N3O3. The summed E-state index contributed by atoms with van der Waals surface area (Å²) in [4.78, 5) is 16.4. The van der Waals surface area contributed by atoms with Crippen molar-refractivity contribution in [3.05, 3.63) is 47.5 Å². The van der Waals surface area contributed by atoms with Crippen molar-refractivity contribution in [2.75, 3.05) is 20.0 Å². The number of hydrogen-bond acceptors (Lipinski definition) is 5. The van der Waals surface area contributed by atoms with Gasteiger partial charge in [0.2, 0.25) is 0 Å². The monoisotopic (exact) mass is 369 g/mol. The van der Waals surface area contributed by atoms with Crippen molar-refractivity contribution < 1.29 is 27.4 Å². The number of aromatic nitrogens is 3. The van der Waals surface area contributed by atoms with Crippen LogP contribution in [0.2, 0.25) is 0 Å². The molecule has 1 aromatic carbocycles. The molecule has 0 spiro atoms. The van der Waals surface area contributed by atoms with Crippen LogP contribution in [0, 0.1) is 0 Å². The van der Waals surface area contributed by atoms with Crippen molar-refractivity contribution >= 4 is 5.78 Å². The molecule has 1 aliphatic heterocycles. The van der Waals surface area contributed by atoms with Crippen LogP contribution in [0.3, 0.4) is 0 Å². The number of benzene rings is 1. The number of halogens is 3. The van der Waals surface area contributed by atoms with E-state index >= 15 is 0 Å². The Kier molecular flexibility index (Phi) is 5.10. The first kappa shape index (κ1) is 18.5. The standard InChI is InChI=1S/C17H18F3N3O3/c1-16(8-25-11-26-9-16)15-21-10-23(22-15)7-14(24)6-12-2-4-13(5-3-12)17(18,19)20/h2-5,10H,6-9,11H2,1H3. The van der Waals surface area contributed by atoms with Crippen LogP contribution in [0.25, 0.3) is 0 Å². The first-order valence-electron chi connectivity index (χ1n) is 7.99. The van der Waals surface area contributed by atoms with Gasteiger partial charge in [0.25, 0.3) is 0 Å². The quantitative estimate of drug-likeness (QED) is 0.810. The van der Waals surface area contributed by atoms with Gasteiger partial charge in [-0.3, -0.25) is 4.79 Å². The third-order valence-electron chi connectivity index (χ3n) is 4.11. The van der Waals surface area contributed by atoms with Gasteiger partial charge in [-0.2, -0.15) is 18.3 Å². The second kappa shape index (κ2) is 7.16. The van der Waals surface area contributed by atoms with Crippen molar-refractivity contribution in [2.24, 2.45) is 0 Å². The smallest absolute Gasteiger partial charge is 0.354 e. The first-order chi connectivity index (χ1) is 12.3.